The Morgan fingerprint density at radius 2 is 1.46 bits per heavy atom. The maximum Gasteiger partial charge on any atom is 0.407 e. The first-order valence-electron chi connectivity index (χ1n) is 24.8. The Labute approximate surface area is 444 Å². The molecule has 0 spiro atoms. The van der Waals surface area contributed by atoms with E-state index in [9.17, 15) is 54.6 Å². The summed E-state index contributed by atoms with van der Waals surface area (Å²) in [6.45, 7) is 0.752. The number of benzene rings is 2. The molecule has 0 saturated carbocycles. The molecule has 26 heteroatoms. The number of alkyl carbamates (subject to hydrolysis) is 2. The molecule has 2 aliphatic rings. The number of aliphatic hydroxyl groups is 1. The van der Waals surface area contributed by atoms with Crippen molar-refractivity contribution in [1.82, 2.24) is 46.0 Å². The Balaban J connectivity index is 1.31. The number of carbonyl (C=O) groups is 3. The minimum Gasteiger partial charge on any atom is -0.453 e. The lowest BCUT2D eigenvalue weighted by Gasteiger charge is -2.44. The summed E-state index contributed by atoms with van der Waals surface area (Å²) >= 11 is 0. The Hall–Kier alpha value is -6.69. The van der Waals surface area contributed by atoms with Gasteiger partial charge < -0.3 is 35.4 Å². The van der Waals surface area contributed by atoms with E-state index in [1.807, 2.05) is 17.4 Å². The minimum absolute atomic E-state index is 0.222. The van der Waals surface area contributed by atoms with Gasteiger partial charge in [0, 0.05) is 86.0 Å². The van der Waals surface area contributed by atoms with E-state index < -0.39 is 109 Å². The number of carbonyl (C=O) groups excluding carboxylic acids is 3. The molecule has 5 atom stereocenters. The summed E-state index contributed by atoms with van der Waals surface area (Å²) in [6.07, 6.45) is -8.90. The summed E-state index contributed by atoms with van der Waals surface area (Å²) in [4.78, 5) is 48.2. The summed E-state index contributed by atoms with van der Waals surface area (Å²) < 4.78 is 155. The van der Waals surface area contributed by atoms with Crippen LogP contribution in [-0.2, 0) is 27.2 Å². The Morgan fingerprint density at radius 1 is 0.833 bits per heavy atom. The lowest BCUT2D eigenvalue weighted by Crippen LogP contribution is -2.62. The number of nitrogens with zero attached hydrogens (tertiary/aromatic N) is 6. The molecule has 16 nitrogen and oxygen atoms in total. The third-order valence-electron chi connectivity index (χ3n) is 14.2. The monoisotopic (exact) mass is 1110 g/mol. The zero-order chi connectivity index (χ0) is 57.3. The molecule has 6 rings (SSSR count). The molecule has 0 bridgehead atoms. The highest BCUT2D eigenvalue weighted by Gasteiger charge is 2.56. The highest BCUT2D eigenvalue weighted by molar-refractivity contribution is 5.86. The maximum absolute atomic E-state index is 16.0. The molecule has 2 fully saturated rings. The molecule has 3 amide bonds. The molecule has 2 aromatic carbocycles. The topological polar surface area (TPSA) is 178 Å². The molecule has 0 unspecified atom stereocenters. The van der Waals surface area contributed by atoms with Gasteiger partial charge in [0.05, 0.1) is 42.9 Å². The molecule has 4 aromatic rings. The fraction of sp³-hybridized carbons (Fsp3) is 0.519. The van der Waals surface area contributed by atoms with Crippen molar-refractivity contribution in [3.63, 3.8) is 0 Å². The van der Waals surface area contributed by atoms with E-state index in [0.29, 0.717) is 53.7 Å². The van der Waals surface area contributed by atoms with E-state index in [2.05, 4.69) is 57.3 Å². The number of hydrazine groups is 1. The standard InChI is InChI=1S/C52H62F10N10O6/c1-49(2,51(57,58)59)42(65-47(75)77-5)27-63-40(23-32-13-10-31(11-14-32)12-15-33-16-17-43(64-26-33)70-22-21-69-19-8-7-9-35(69)28-70)41(73)30-71(68-45(74)44(66-48(76)78-6)50(3,4)52(60,61)62)29-36-37(53)24-34(25-38(36)54)39-18-20-72(67-39)46(55)56/h10-11,13-14,16-18,20,24-26,35,40-42,44,46,63,73H,7-9,19,21-23,27-30H2,1-6H3,(H,65,75)(H,66,76)(H,68,74)/t35-,40-,41-,42+,44+/m0/s1. The van der Waals surface area contributed by atoms with Gasteiger partial charge >= 0.3 is 31.1 Å². The second-order valence-corrected chi connectivity index (χ2v) is 20.2. The number of methoxy groups -OCH3 is 2. The molecule has 2 aromatic heterocycles. The second-order valence-electron chi connectivity index (χ2n) is 20.2. The Morgan fingerprint density at radius 3 is 2.05 bits per heavy atom. The van der Waals surface area contributed by atoms with Crippen LogP contribution in [0.25, 0.3) is 11.3 Å². The van der Waals surface area contributed by atoms with Crippen LogP contribution in [-0.4, -0.2) is 144 Å². The molecule has 426 valence electrons. The Bertz CT molecular complexity index is 2730. The smallest absolute Gasteiger partial charge is 0.407 e. The number of halogens is 10. The number of aromatic nitrogens is 3. The SMILES string of the molecule is COC(=O)N[C@H](C(=O)NN(Cc1c(F)cc(-c2ccn(C(F)F)n2)cc1F)C[C@H](O)[C@H](Cc1ccc(C#Cc2ccc(N3CCN4CCCC[C@H]4C3)nc2)cc1)NC[C@@H](NC(=O)OC)C(C)(C)C(F)(F)F)C(C)(C)C(F)(F)F. The van der Waals surface area contributed by atoms with Gasteiger partial charge in [-0.1, -0.05) is 30.4 Å². The first-order valence-corrected chi connectivity index (χ1v) is 24.8. The van der Waals surface area contributed by atoms with Crippen LogP contribution in [0.15, 0.2) is 67.0 Å². The van der Waals surface area contributed by atoms with Crippen molar-refractivity contribution in [3.05, 3.63) is 101 Å². The Kier molecular flexibility index (Phi) is 19.7. The fourth-order valence-electron chi connectivity index (χ4n) is 8.96. The molecule has 4 heterocycles. The van der Waals surface area contributed by atoms with Crippen molar-refractivity contribution in [2.75, 3.05) is 58.4 Å². The quantitative estimate of drug-likeness (QED) is 0.0352. The van der Waals surface area contributed by atoms with E-state index in [4.69, 9.17) is 0 Å². The van der Waals surface area contributed by atoms with E-state index in [0.717, 1.165) is 78.7 Å². The number of piperazine rings is 1. The lowest BCUT2D eigenvalue weighted by atomic mass is 9.83. The fourth-order valence-corrected chi connectivity index (χ4v) is 8.96. The van der Waals surface area contributed by atoms with Crippen molar-refractivity contribution in [1.29, 1.82) is 0 Å². The largest absolute Gasteiger partial charge is 0.453 e. The number of anilines is 1. The van der Waals surface area contributed by atoms with Gasteiger partial charge in [-0.25, -0.2) is 33.0 Å². The molecule has 2 aliphatic heterocycles. The second kappa shape index (κ2) is 25.4. The molecule has 0 radical (unpaired) electrons. The van der Waals surface area contributed by atoms with Gasteiger partial charge in [0.25, 0.3) is 5.91 Å². The average molecular weight is 1110 g/mol. The number of pyridine rings is 1. The van der Waals surface area contributed by atoms with Gasteiger partial charge in [-0.15, -0.1) is 0 Å². The minimum atomic E-state index is -5.19. The molecule has 0 aliphatic carbocycles. The number of alkyl halides is 8. The van der Waals surface area contributed by atoms with Crippen LogP contribution in [0.2, 0.25) is 0 Å². The third kappa shape index (κ3) is 15.1. The lowest BCUT2D eigenvalue weighted by molar-refractivity contribution is -0.221. The number of hydrogen-bond donors (Lipinski definition) is 5. The summed E-state index contributed by atoms with van der Waals surface area (Å²) in [5.74, 6) is 2.62. The van der Waals surface area contributed by atoms with E-state index in [-0.39, 0.29) is 22.4 Å². The normalized spacial score (nSPS) is 17.1. The van der Waals surface area contributed by atoms with Crippen LogP contribution in [0.4, 0.5) is 59.3 Å². The first kappa shape index (κ1) is 60.5. The number of fused-ring (bicyclic) bond motifs is 1. The summed E-state index contributed by atoms with van der Waals surface area (Å²) in [7, 11) is 1.74. The van der Waals surface area contributed by atoms with Crippen molar-refractivity contribution in [3.8, 4) is 23.1 Å². The molecule has 78 heavy (non-hydrogen) atoms. The number of piperidine rings is 1. The zero-order valence-electron chi connectivity index (χ0n) is 43.5. The maximum atomic E-state index is 16.0. The van der Waals surface area contributed by atoms with Crippen LogP contribution < -0.4 is 26.3 Å². The highest BCUT2D eigenvalue weighted by Crippen LogP contribution is 2.42. The van der Waals surface area contributed by atoms with Gasteiger partial charge in [0.1, 0.15) is 23.5 Å². The first-order chi connectivity index (χ1) is 36.6. The van der Waals surface area contributed by atoms with E-state index >= 15 is 8.78 Å². The third-order valence-corrected chi connectivity index (χ3v) is 14.2. The number of nitrogens with one attached hydrogen (secondary N) is 4. The van der Waals surface area contributed by atoms with Gasteiger partial charge in [0.2, 0.25) is 0 Å². The van der Waals surface area contributed by atoms with Gasteiger partial charge in [-0.3, -0.25) is 15.1 Å². The predicted molar refractivity (Wildman–Crippen MR) is 265 cm³/mol. The van der Waals surface area contributed by atoms with E-state index in [1.165, 1.54) is 12.8 Å². The van der Waals surface area contributed by atoms with Crippen molar-refractivity contribution < 1.29 is 72.9 Å². The van der Waals surface area contributed by atoms with Crippen molar-refractivity contribution in [2.24, 2.45) is 10.8 Å². The van der Waals surface area contributed by atoms with Crippen molar-refractivity contribution >= 4 is 23.9 Å². The predicted octanol–water partition coefficient (Wildman–Crippen LogP) is 7.71. The number of amides is 3. The van der Waals surface area contributed by atoms with Gasteiger partial charge in [0.15, 0.2) is 0 Å². The van der Waals surface area contributed by atoms with Gasteiger partial charge in [-0.2, -0.15) is 40.2 Å². The molecular weight excluding hydrogens is 1050 g/mol. The average Bonchev–Trinajstić information content (AvgIpc) is 3.91. The van der Waals surface area contributed by atoms with Crippen LogP contribution >= 0.6 is 0 Å². The number of aliphatic hydroxyl groups excluding tert-OH is 1. The number of ether oxygens (including phenoxy) is 2. The highest BCUT2D eigenvalue weighted by atomic mass is 19.4. The zero-order valence-corrected chi connectivity index (χ0v) is 43.5. The van der Waals surface area contributed by atoms with Gasteiger partial charge in [-0.05, 0) is 102 Å². The summed E-state index contributed by atoms with van der Waals surface area (Å²) in [6, 6.07) is 7.50. The van der Waals surface area contributed by atoms with Crippen LogP contribution in [0, 0.1) is 34.3 Å². The van der Waals surface area contributed by atoms with Crippen LogP contribution in [0.1, 0.15) is 75.8 Å². The van der Waals surface area contributed by atoms with Crippen LogP contribution in [0.3, 0.4) is 0 Å². The summed E-state index contributed by atoms with van der Waals surface area (Å²) in [5, 5.41) is 23.1. The molecule has 5 N–H and O–H groups in total. The molecular formula is C52H62F10N10O6. The number of rotatable bonds is 19. The van der Waals surface area contributed by atoms with E-state index in [1.54, 1.807) is 30.5 Å². The summed E-state index contributed by atoms with van der Waals surface area (Å²) in [5.41, 5.74) is -3.48. The van der Waals surface area contributed by atoms with Crippen LogP contribution in [0.5, 0.6) is 0 Å². The molecule has 2 saturated heterocycles. The van der Waals surface area contributed by atoms with Crippen molar-refractivity contribution in [2.45, 2.75) is 109 Å². The number of hydrogen-bond acceptors (Lipinski definition) is 12.